The molecule has 0 saturated heterocycles. The zero-order valence-electron chi connectivity index (χ0n) is 16.7. The summed E-state index contributed by atoms with van der Waals surface area (Å²) in [5, 5.41) is 4.46. The van der Waals surface area contributed by atoms with Gasteiger partial charge in [-0.3, -0.25) is 0 Å². The van der Waals surface area contributed by atoms with Gasteiger partial charge in [-0.05, 0) is 60.9 Å². The fourth-order valence-electron chi connectivity index (χ4n) is 3.25. The molecule has 0 fully saturated rings. The predicted molar refractivity (Wildman–Crippen MR) is 112 cm³/mol. The van der Waals surface area contributed by atoms with Crippen LogP contribution in [0.3, 0.4) is 0 Å². The van der Waals surface area contributed by atoms with Crippen molar-refractivity contribution >= 4 is 12.2 Å². The van der Waals surface area contributed by atoms with Crippen LogP contribution in [0.25, 0.3) is 17.8 Å². The monoisotopic (exact) mass is 387 g/mol. The molecule has 0 atom stereocenters. The summed E-state index contributed by atoms with van der Waals surface area (Å²) in [6, 6.07) is 12.7. The van der Waals surface area contributed by atoms with Crippen molar-refractivity contribution in [3.63, 3.8) is 0 Å². The second kappa shape index (κ2) is 7.83. The van der Waals surface area contributed by atoms with Gasteiger partial charge in [0.25, 0.3) is 0 Å². The van der Waals surface area contributed by atoms with Crippen molar-refractivity contribution in [2.24, 2.45) is 7.05 Å². The van der Waals surface area contributed by atoms with Gasteiger partial charge in [0, 0.05) is 25.4 Å². The minimum atomic E-state index is -0.240. The molecule has 0 aliphatic heterocycles. The molecule has 146 valence electrons. The lowest BCUT2D eigenvalue weighted by molar-refractivity contribution is 0.627. The standard InChI is InChI=1S/C23H22FN5/c1-16-12-18(6-10-21(16)29-14-17(2)25-15-29)7-11-23-26-22(27-28(23)3)13-19-4-8-20(24)9-5-19/h4-12,14-15H,13H2,1-3H3/b11-7+. The summed E-state index contributed by atoms with van der Waals surface area (Å²) in [4.78, 5) is 8.88. The van der Waals surface area contributed by atoms with E-state index in [1.54, 1.807) is 16.8 Å². The molecule has 0 aliphatic rings. The van der Waals surface area contributed by atoms with Crippen LogP contribution in [-0.2, 0) is 13.5 Å². The molecule has 6 heteroatoms. The highest BCUT2D eigenvalue weighted by Gasteiger charge is 2.07. The minimum Gasteiger partial charge on any atom is -0.306 e. The number of aryl methyl sites for hydroxylation is 3. The molecule has 2 aromatic heterocycles. The van der Waals surface area contributed by atoms with E-state index in [9.17, 15) is 4.39 Å². The Hall–Kier alpha value is -3.54. The quantitative estimate of drug-likeness (QED) is 0.506. The Morgan fingerprint density at radius 1 is 1.03 bits per heavy atom. The van der Waals surface area contributed by atoms with E-state index in [4.69, 9.17) is 0 Å². The summed E-state index contributed by atoms with van der Waals surface area (Å²) in [6.07, 6.45) is 8.40. The van der Waals surface area contributed by atoms with Gasteiger partial charge in [-0.15, -0.1) is 0 Å². The Bertz CT molecular complexity index is 1170. The average Bonchev–Trinajstić information content (AvgIpc) is 3.27. The molecule has 0 unspecified atom stereocenters. The third-order valence-corrected chi connectivity index (χ3v) is 4.75. The fourth-order valence-corrected chi connectivity index (χ4v) is 3.25. The average molecular weight is 387 g/mol. The first kappa shape index (κ1) is 18.8. The Labute approximate surface area is 169 Å². The zero-order chi connectivity index (χ0) is 20.4. The highest BCUT2D eigenvalue weighted by atomic mass is 19.1. The molecule has 29 heavy (non-hydrogen) atoms. The lowest BCUT2D eigenvalue weighted by atomic mass is 10.1. The predicted octanol–water partition coefficient (Wildman–Crippen LogP) is 4.52. The van der Waals surface area contributed by atoms with Crippen LogP contribution in [0.5, 0.6) is 0 Å². The van der Waals surface area contributed by atoms with Crippen molar-refractivity contribution in [1.82, 2.24) is 24.3 Å². The Morgan fingerprint density at radius 3 is 2.52 bits per heavy atom. The largest absolute Gasteiger partial charge is 0.306 e. The molecule has 2 aromatic carbocycles. The number of hydrogen-bond acceptors (Lipinski definition) is 3. The van der Waals surface area contributed by atoms with E-state index >= 15 is 0 Å². The first-order chi connectivity index (χ1) is 14.0. The number of aromatic nitrogens is 5. The zero-order valence-corrected chi connectivity index (χ0v) is 16.7. The molecule has 0 spiro atoms. The van der Waals surface area contributed by atoms with Crippen molar-refractivity contribution in [2.45, 2.75) is 20.3 Å². The topological polar surface area (TPSA) is 48.5 Å². The van der Waals surface area contributed by atoms with E-state index < -0.39 is 0 Å². The summed E-state index contributed by atoms with van der Waals surface area (Å²) >= 11 is 0. The summed E-state index contributed by atoms with van der Waals surface area (Å²) < 4.78 is 16.8. The van der Waals surface area contributed by atoms with Gasteiger partial charge < -0.3 is 4.57 Å². The van der Waals surface area contributed by atoms with Crippen molar-refractivity contribution in [2.75, 3.05) is 0 Å². The summed E-state index contributed by atoms with van der Waals surface area (Å²) in [5.74, 6) is 1.24. The molecule has 4 aromatic rings. The maximum atomic E-state index is 13.1. The first-order valence-corrected chi connectivity index (χ1v) is 9.42. The van der Waals surface area contributed by atoms with E-state index in [2.05, 4.69) is 40.2 Å². The molecular formula is C23H22FN5. The van der Waals surface area contributed by atoms with Crippen LogP contribution >= 0.6 is 0 Å². The van der Waals surface area contributed by atoms with E-state index in [1.165, 1.54) is 17.7 Å². The van der Waals surface area contributed by atoms with Gasteiger partial charge in [0.2, 0.25) is 0 Å². The Morgan fingerprint density at radius 2 is 1.83 bits per heavy atom. The van der Waals surface area contributed by atoms with E-state index in [-0.39, 0.29) is 5.82 Å². The van der Waals surface area contributed by atoms with Gasteiger partial charge in [0.1, 0.15) is 5.82 Å². The third-order valence-electron chi connectivity index (χ3n) is 4.75. The number of hydrogen-bond donors (Lipinski definition) is 0. The maximum Gasteiger partial charge on any atom is 0.155 e. The smallest absolute Gasteiger partial charge is 0.155 e. The first-order valence-electron chi connectivity index (χ1n) is 9.42. The minimum absolute atomic E-state index is 0.240. The van der Waals surface area contributed by atoms with Crippen LogP contribution in [0.2, 0.25) is 0 Å². The Kier molecular flexibility index (Phi) is 5.08. The normalized spacial score (nSPS) is 11.4. The van der Waals surface area contributed by atoms with Gasteiger partial charge in [-0.25, -0.2) is 19.0 Å². The van der Waals surface area contributed by atoms with Gasteiger partial charge in [0.05, 0.1) is 12.0 Å². The van der Waals surface area contributed by atoms with E-state index in [0.717, 1.165) is 28.3 Å². The van der Waals surface area contributed by atoms with Crippen LogP contribution < -0.4 is 0 Å². The molecule has 5 nitrogen and oxygen atoms in total. The van der Waals surface area contributed by atoms with Crippen molar-refractivity contribution in [3.05, 3.63) is 94.8 Å². The number of benzene rings is 2. The lowest BCUT2D eigenvalue weighted by Crippen LogP contribution is -1.95. The molecule has 0 N–H and O–H groups in total. The molecule has 0 aliphatic carbocycles. The highest BCUT2D eigenvalue weighted by Crippen LogP contribution is 2.18. The van der Waals surface area contributed by atoms with Gasteiger partial charge in [-0.1, -0.05) is 24.3 Å². The van der Waals surface area contributed by atoms with Crippen molar-refractivity contribution in [1.29, 1.82) is 0 Å². The second-order valence-electron chi connectivity index (χ2n) is 7.11. The Balaban J connectivity index is 1.51. The number of rotatable bonds is 5. The van der Waals surface area contributed by atoms with E-state index in [1.807, 2.05) is 43.2 Å². The number of imidazole rings is 1. The number of nitrogens with zero attached hydrogens (tertiary/aromatic N) is 5. The molecule has 0 bridgehead atoms. The van der Waals surface area contributed by atoms with Crippen LogP contribution in [0.1, 0.15) is 34.0 Å². The highest BCUT2D eigenvalue weighted by molar-refractivity contribution is 5.68. The summed E-state index contributed by atoms with van der Waals surface area (Å²) in [6.45, 7) is 4.07. The van der Waals surface area contributed by atoms with Crippen LogP contribution in [-0.4, -0.2) is 24.3 Å². The summed E-state index contributed by atoms with van der Waals surface area (Å²) in [7, 11) is 1.87. The van der Waals surface area contributed by atoms with Gasteiger partial charge in [0.15, 0.2) is 11.6 Å². The lowest BCUT2D eigenvalue weighted by Gasteiger charge is -2.07. The molecular weight excluding hydrogens is 365 g/mol. The van der Waals surface area contributed by atoms with Crippen LogP contribution in [0.4, 0.5) is 4.39 Å². The maximum absolute atomic E-state index is 13.1. The third kappa shape index (κ3) is 4.32. The molecule has 0 radical (unpaired) electrons. The second-order valence-corrected chi connectivity index (χ2v) is 7.11. The van der Waals surface area contributed by atoms with E-state index in [0.29, 0.717) is 12.2 Å². The fraction of sp³-hybridized carbons (Fsp3) is 0.174. The molecule has 0 saturated carbocycles. The molecule has 0 amide bonds. The molecule has 2 heterocycles. The van der Waals surface area contributed by atoms with Gasteiger partial charge >= 0.3 is 0 Å². The molecule has 4 rings (SSSR count). The van der Waals surface area contributed by atoms with Crippen LogP contribution in [0.15, 0.2) is 55.0 Å². The van der Waals surface area contributed by atoms with Crippen molar-refractivity contribution in [3.8, 4) is 5.69 Å². The van der Waals surface area contributed by atoms with Crippen molar-refractivity contribution < 1.29 is 4.39 Å². The van der Waals surface area contributed by atoms with Gasteiger partial charge in [-0.2, -0.15) is 5.10 Å². The SMILES string of the molecule is Cc1cn(-c2ccc(/C=C/c3nc(Cc4ccc(F)cc4)nn3C)cc2C)cn1. The summed E-state index contributed by atoms with van der Waals surface area (Å²) in [5.41, 5.74) is 5.34. The van der Waals surface area contributed by atoms with Crippen LogP contribution in [0, 0.1) is 19.7 Å². The number of halogens is 1.